The highest BCUT2D eigenvalue weighted by Crippen LogP contribution is 2.29. The van der Waals surface area contributed by atoms with E-state index in [2.05, 4.69) is 15.5 Å². The zero-order chi connectivity index (χ0) is 23.2. The quantitative estimate of drug-likeness (QED) is 0.350. The minimum absolute atomic E-state index is 0.0967. The molecule has 168 valence electrons. The van der Waals surface area contributed by atoms with Gasteiger partial charge in [0.1, 0.15) is 11.6 Å². The summed E-state index contributed by atoms with van der Waals surface area (Å²) in [5.41, 5.74) is 3.30. The number of nitrogens with one attached hydrogen (secondary N) is 1. The molecule has 0 bridgehead atoms. The van der Waals surface area contributed by atoms with Crippen LogP contribution in [-0.2, 0) is 4.79 Å². The Kier molecular flexibility index (Phi) is 7.04. The highest BCUT2D eigenvalue weighted by molar-refractivity contribution is 7.99. The first-order valence-electron chi connectivity index (χ1n) is 10.5. The smallest absolute Gasteiger partial charge is 0.234 e. The Morgan fingerprint density at radius 3 is 2.58 bits per heavy atom. The van der Waals surface area contributed by atoms with E-state index in [1.807, 2.05) is 66.9 Å². The average Bonchev–Trinajstić information content (AvgIpc) is 3.22. The maximum Gasteiger partial charge on any atom is 0.234 e. The molecular weight excluding hydrogens is 439 g/mol. The van der Waals surface area contributed by atoms with Crippen molar-refractivity contribution in [3.63, 3.8) is 0 Å². The van der Waals surface area contributed by atoms with Crippen molar-refractivity contribution in [1.29, 1.82) is 0 Å². The molecule has 0 saturated heterocycles. The highest BCUT2D eigenvalue weighted by Gasteiger charge is 2.18. The molecule has 1 heterocycles. The van der Waals surface area contributed by atoms with Crippen molar-refractivity contribution >= 4 is 23.4 Å². The van der Waals surface area contributed by atoms with Gasteiger partial charge in [-0.1, -0.05) is 41.6 Å². The first kappa shape index (κ1) is 22.5. The number of rotatable bonds is 8. The average molecular weight is 463 g/mol. The fraction of sp³-hybridized carbons (Fsp3) is 0.160. The number of anilines is 1. The first-order chi connectivity index (χ1) is 16.0. The lowest BCUT2D eigenvalue weighted by atomic mass is 10.1. The number of nitrogens with zero attached hydrogens (tertiary/aromatic N) is 3. The van der Waals surface area contributed by atoms with E-state index < -0.39 is 5.82 Å². The Balaban J connectivity index is 1.61. The van der Waals surface area contributed by atoms with Crippen LogP contribution in [0.25, 0.3) is 17.1 Å². The fourth-order valence-electron chi connectivity index (χ4n) is 3.32. The van der Waals surface area contributed by atoms with Gasteiger partial charge in [-0.25, -0.2) is 4.39 Å². The van der Waals surface area contributed by atoms with Crippen LogP contribution in [0.5, 0.6) is 5.75 Å². The van der Waals surface area contributed by atoms with Gasteiger partial charge in [0.2, 0.25) is 5.91 Å². The molecule has 1 aromatic heterocycles. The van der Waals surface area contributed by atoms with Crippen LogP contribution in [0.1, 0.15) is 12.5 Å². The molecule has 33 heavy (non-hydrogen) atoms. The minimum atomic E-state index is -0.404. The molecule has 4 aromatic rings. The summed E-state index contributed by atoms with van der Waals surface area (Å²) in [5.74, 6) is 0.882. The van der Waals surface area contributed by atoms with E-state index in [-0.39, 0.29) is 11.7 Å². The summed E-state index contributed by atoms with van der Waals surface area (Å²) in [6, 6.07) is 21.5. The number of thioether (sulfide) groups is 1. The molecule has 0 spiro atoms. The lowest BCUT2D eigenvalue weighted by Crippen LogP contribution is -2.14. The number of halogens is 1. The summed E-state index contributed by atoms with van der Waals surface area (Å²) in [4.78, 5) is 12.5. The van der Waals surface area contributed by atoms with Gasteiger partial charge < -0.3 is 10.1 Å². The monoisotopic (exact) mass is 462 g/mol. The zero-order valence-electron chi connectivity index (χ0n) is 18.3. The second-order valence-electron chi connectivity index (χ2n) is 7.29. The summed E-state index contributed by atoms with van der Waals surface area (Å²) < 4.78 is 20.9. The van der Waals surface area contributed by atoms with E-state index in [1.54, 1.807) is 12.1 Å². The predicted octanol–water partition coefficient (Wildman–Crippen LogP) is 5.51. The summed E-state index contributed by atoms with van der Waals surface area (Å²) in [6.07, 6.45) is 0. The molecule has 1 N–H and O–H groups in total. The van der Waals surface area contributed by atoms with Gasteiger partial charge in [-0.2, -0.15) is 0 Å². The third-order valence-corrected chi connectivity index (χ3v) is 5.69. The topological polar surface area (TPSA) is 69.0 Å². The first-order valence-corrected chi connectivity index (χ1v) is 11.5. The number of carbonyl (C=O) groups is 1. The van der Waals surface area contributed by atoms with Crippen LogP contribution >= 0.6 is 11.8 Å². The van der Waals surface area contributed by atoms with Crippen molar-refractivity contribution in [3.8, 4) is 22.8 Å². The van der Waals surface area contributed by atoms with E-state index in [0.717, 1.165) is 22.6 Å². The molecule has 3 aromatic carbocycles. The number of aromatic nitrogens is 3. The summed E-state index contributed by atoms with van der Waals surface area (Å²) in [7, 11) is 0. The van der Waals surface area contributed by atoms with Crippen LogP contribution in [0.3, 0.4) is 0 Å². The third-order valence-electron chi connectivity index (χ3n) is 4.76. The zero-order valence-corrected chi connectivity index (χ0v) is 19.1. The van der Waals surface area contributed by atoms with Crippen molar-refractivity contribution in [1.82, 2.24) is 14.8 Å². The van der Waals surface area contributed by atoms with Crippen LogP contribution in [0, 0.1) is 12.7 Å². The van der Waals surface area contributed by atoms with Crippen molar-refractivity contribution in [2.24, 2.45) is 0 Å². The second-order valence-corrected chi connectivity index (χ2v) is 8.23. The van der Waals surface area contributed by atoms with Crippen molar-refractivity contribution < 1.29 is 13.9 Å². The molecule has 0 atom stereocenters. The van der Waals surface area contributed by atoms with E-state index in [4.69, 9.17) is 4.74 Å². The van der Waals surface area contributed by atoms with Gasteiger partial charge in [-0.05, 0) is 62.4 Å². The van der Waals surface area contributed by atoms with Crippen molar-refractivity contribution in [2.45, 2.75) is 19.0 Å². The van der Waals surface area contributed by atoms with E-state index in [1.165, 1.54) is 23.9 Å². The lowest BCUT2D eigenvalue weighted by Gasteiger charge is -2.12. The minimum Gasteiger partial charge on any atom is -0.494 e. The second kappa shape index (κ2) is 10.3. The number of hydrogen-bond donors (Lipinski definition) is 1. The number of ether oxygens (including phenoxy) is 1. The van der Waals surface area contributed by atoms with E-state index >= 15 is 0 Å². The predicted molar refractivity (Wildman–Crippen MR) is 128 cm³/mol. The Morgan fingerprint density at radius 2 is 1.85 bits per heavy atom. The van der Waals surface area contributed by atoms with Crippen molar-refractivity contribution in [3.05, 3.63) is 84.2 Å². The third kappa shape index (κ3) is 5.59. The SMILES string of the molecule is CCOc1ccc(-n2c(SCC(=O)Nc3cccc(F)c3)nnc2-c2cccc(C)c2)cc1. The van der Waals surface area contributed by atoms with E-state index in [9.17, 15) is 9.18 Å². The van der Waals surface area contributed by atoms with Crippen LogP contribution in [-0.4, -0.2) is 33.0 Å². The Bertz CT molecular complexity index is 1260. The number of amides is 1. The Labute approximate surface area is 195 Å². The Hall–Kier alpha value is -3.65. The number of aryl methyl sites for hydroxylation is 1. The molecular formula is C25H23FN4O2S. The van der Waals surface area contributed by atoms with Crippen LogP contribution in [0.4, 0.5) is 10.1 Å². The summed E-state index contributed by atoms with van der Waals surface area (Å²) >= 11 is 1.26. The Morgan fingerprint density at radius 1 is 1.06 bits per heavy atom. The molecule has 0 aliphatic rings. The molecule has 4 rings (SSSR count). The molecule has 0 aliphatic heterocycles. The van der Waals surface area contributed by atoms with Gasteiger partial charge in [0, 0.05) is 16.9 Å². The van der Waals surface area contributed by atoms with Crippen molar-refractivity contribution in [2.75, 3.05) is 17.7 Å². The lowest BCUT2D eigenvalue weighted by molar-refractivity contribution is -0.113. The molecule has 0 unspecified atom stereocenters. The molecule has 0 radical (unpaired) electrons. The van der Waals surface area contributed by atoms with Gasteiger partial charge in [-0.15, -0.1) is 10.2 Å². The van der Waals surface area contributed by atoms with Gasteiger partial charge >= 0.3 is 0 Å². The largest absolute Gasteiger partial charge is 0.494 e. The molecule has 1 amide bonds. The van der Waals surface area contributed by atoms with E-state index in [0.29, 0.717) is 23.3 Å². The molecule has 0 saturated carbocycles. The summed E-state index contributed by atoms with van der Waals surface area (Å²) in [6.45, 7) is 4.54. The number of benzene rings is 3. The van der Waals surface area contributed by atoms with Gasteiger partial charge in [0.05, 0.1) is 12.4 Å². The standard InChI is InChI=1S/C25H23FN4O2S/c1-3-32-22-12-10-21(11-13-22)30-24(18-7-4-6-17(2)14-18)28-29-25(30)33-16-23(31)27-20-9-5-8-19(26)15-20/h4-15H,3,16H2,1-2H3,(H,27,31). The number of carbonyl (C=O) groups excluding carboxylic acids is 1. The number of hydrogen-bond acceptors (Lipinski definition) is 5. The van der Waals surface area contributed by atoms with Gasteiger partial charge in [-0.3, -0.25) is 9.36 Å². The molecule has 8 heteroatoms. The molecule has 0 aliphatic carbocycles. The fourth-order valence-corrected chi connectivity index (χ4v) is 4.07. The molecule has 6 nitrogen and oxygen atoms in total. The highest BCUT2D eigenvalue weighted by atomic mass is 32.2. The maximum atomic E-state index is 13.4. The van der Waals surface area contributed by atoms with Gasteiger partial charge in [0.25, 0.3) is 0 Å². The van der Waals surface area contributed by atoms with Crippen LogP contribution < -0.4 is 10.1 Å². The molecule has 0 fully saturated rings. The van der Waals surface area contributed by atoms with Gasteiger partial charge in [0.15, 0.2) is 11.0 Å². The maximum absolute atomic E-state index is 13.4. The summed E-state index contributed by atoms with van der Waals surface area (Å²) in [5, 5.41) is 12.1. The van der Waals surface area contributed by atoms with Crippen LogP contribution in [0.15, 0.2) is 78.0 Å². The van der Waals surface area contributed by atoms with Crippen LogP contribution in [0.2, 0.25) is 0 Å². The normalized spacial score (nSPS) is 10.8.